The molecule has 0 radical (unpaired) electrons. The number of nitrogens with one attached hydrogen (secondary N) is 1. The molecule has 1 aliphatic carbocycles. The molecule has 2 heteroatoms. The maximum atomic E-state index is 6.08. The van der Waals surface area contributed by atoms with Gasteiger partial charge < -0.3 is 10.1 Å². The molecule has 0 amide bonds. The minimum Gasteiger partial charge on any atom is -0.372 e. The molecule has 0 aromatic carbocycles. The fourth-order valence-corrected chi connectivity index (χ4v) is 3.01. The lowest BCUT2D eigenvalue weighted by atomic mass is 9.85. The molecule has 1 saturated heterocycles. The molecular formula is C12H23NO. The van der Waals surface area contributed by atoms with Crippen molar-refractivity contribution in [3.05, 3.63) is 0 Å². The van der Waals surface area contributed by atoms with E-state index in [-0.39, 0.29) is 5.60 Å². The van der Waals surface area contributed by atoms with E-state index in [0.717, 1.165) is 19.1 Å². The summed E-state index contributed by atoms with van der Waals surface area (Å²) in [6.07, 6.45) is 6.53. The average molecular weight is 197 g/mol. The lowest BCUT2D eigenvalue weighted by molar-refractivity contribution is -0.0960. The Morgan fingerprint density at radius 1 is 1.36 bits per heavy atom. The maximum Gasteiger partial charge on any atom is 0.0835 e. The van der Waals surface area contributed by atoms with Crippen molar-refractivity contribution in [2.45, 2.75) is 57.6 Å². The third kappa shape index (κ3) is 1.96. The van der Waals surface area contributed by atoms with E-state index in [9.17, 15) is 0 Å². The molecule has 2 aliphatic rings. The topological polar surface area (TPSA) is 21.3 Å². The Labute approximate surface area is 87.4 Å². The van der Waals surface area contributed by atoms with Crippen LogP contribution in [-0.4, -0.2) is 24.8 Å². The zero-order valence-corrected chi connectivity index (χ0v) is 9.51. The van der Waals surface area contributed by atoms with Crippen molar-refractivity contribution in [2.75, 3.05) is 13.2 Å². The SMILES string of the molecule is CC(C)CC1NCCOC12CCCC2. The van der Waals surface area contributed by atoms with Crippen LogP contribution < -0.4 is 5.32 Å². The summed E-state index contributed by atoms with van der Waals surface area (Å²) in [7, 11) is 0. The van der Waals surface area contributed by atoms with E-state index in [4.69, 9.17) is 4.74 Å². The Balaban J connectivity index is 2.02. The van der Waals surface area contributed by atoms with Gasteiger partial charge in [-0.2, -0.15) is 0 Å². The zero-order valence-electron chi connectivity index (χ0n) is 9.51. The molecule has 1 heterocycles. The highest BCUT2D eigenvalue weighted by Crippen LogP contribution is 2.39. The number of ether oxygens (including phenoxy) is 1. The Morgan fingerprint density at radius 3 is 2.71 bits per heavy atom. The fraction of sp³-hybridized carbons (Fsp3) is 1.00. The first-order valence-electron chi connectivity index (χ1n) is 6.10. The molecule has 0 aromatic rings. The fourth-order valence-electron chi connectivity index (χ4n) is 3.01. The molecule has 0 aromatic heterocycles. The third-order valence-electron chi connectivity index (χ3n) is 3.67. The summed E-state index contributed by atoms with van der Waals surface area (Å²) < 4.78 is 6.08. The largest absolute Gasteiger partial charge is 0.372 e. The van der Waals surface area contributed by atoms with Crippen LogP contribution in [0.15, 0.2) is 0 Å². The van der Waals surface area contributed by atoms with Crippen molar-refractivity contribution < 1.29 is 4.74 Å². The Kier molecular flexibility index (Phi) is 3.13. The Morgan fingerprint density at radius 2 is 2.07 bits per heavy atom. The molecule has 1 atom stereocenters. The van der Waals surface area contributed by atoms with E-state index in [1.165, 1.54) is 32.1 Å². The summed E-state index contributed by atoms with van der Waals surface area (Å²) in [6, 6.07) is 0.610. The Hall–Kier alpha value is -0.0800. The van der Waals surface area contributed by atoms with Gasteiger partial charge in [-0.25, -0.2) is 0 Å². The molecule has 14 heavy (non-hydrogen) atoms. The second kappa shape index (κ2) is 4.19. The lowest BCUT2D eigenvalue weighted by Gasteiger charge is -2.43. The van der Waals surface area contributed by atoms with E-state index < -0.39 is 0 Å². The standard InChI is InChI=1S/C12H23NO/c1-10(2)9-11-12(5-3-4-6-12)14-8-7-13-11/h10-11,13H,3-9H2,1-2H3. The molecule has 2 rings (SSSR count). The van der Waals surface area contributed by atoms with E-state index in [1.807, 2.05) is 0 Å². The van der Waals surface area contributed by atoms with Gasteiger partial charge in [0.2, 0.25) is 0 Å². The van der Waals surface area contributed by atoms with Crippen LogP contribution in [-0.2, 0) is 4.74 Å². The molecule has 1 unspecified atom stereocenters. The molecular weight excluding hydrogens is 174 g/mol. The van der Waals surface area contributed by atoms with Gasteiger partial charge >= 0.3 is 0 Å². The molecule has 2 nitrogen and oxygen atoms in total. The summed E-state index contributed by atoms with van der Waals surface area (Å²) >= 11 is 0. The second-order valence-electron chi connectivity index (χ2n) is 5.26. The van der Waals surface area contributed by atoms with Crippen molar-refractivity contribution in [3.8, 4) is 0 Å². The van der Waals surface area contributed by atoms with Gasteiger partial charge in [-0.3, -0.25) is 0 Å². The van der Waals surface area contributed by atoms with Crippen molar-refractivity contribution in [3.63, 3.8) is 0 Å². The number of hydrogen-bond donors (Lipinski definition) is 1. The maximum absolute atomic E-state index is 6.08. The van der Waals surface area contributed by atoms with Crippen molar-refractivity contribution >= 4 is 0 Å². The van der Waals surface area contributed by atoms with Crippen LogP contribution in [0.3, 0.4) is 0 Å². The minimum atomic E-state index is 0.211. The van der Waals surface area contributed by atoms with Gasteiger partial charge in [0.25, 0.3) is 0 Å². The van der Waals surface area contributed by atoms with Crippen LogP contribution in [0.1, 0.15) is 46.0 Å². The van der Waals surface area contributed by atoms with Crippen LogP contribution in [0.2, 0.25) is 0 Å². The summed E-state index contributed by atoms with van der Waals surface area (Å²) in [5.74, 6) is 0.770. The monoisotopic (exact) mass is 197 g/mol. The normalized spacial score (nSPS) is 31.5. The second-order valence-corrected chi connectivity index (χ2v) is 5.26. The van der Waals surface area contributed by atoms with Crippen LogP contribution in [0.4, 0.5) is 0 Å². The first kappa shape index (κ1) is 10.4. The van der Waals surface area contributed by atoms with Gasteiger partial charge in [0.05, 0.1) is 12.2 Å². The van der Waals surface area contributed by atoms with Crippen LogP contribution in [0.5, 0.6) is 0 Å². The molecule has 2 fully saturated rings. The van der Waals surface area contributed by atoms with E-state index in [1.54, 1.807) is 0 Å². The van der Waals surface area contributed by atoms with Gasteiger partial charge in [-0.1, -0.05) is 26.7 Å². The molecule has 0 bridgehead atoms. The van der Waals surface area contributed by atoms with Crippen LogP contribution in [0, 0.1) is 5.92 Å². The van der Waals surface area contributed by atoms with Gasteiger partial charge in [-0.15, -0.1) is 0 Å². The summed E-state index contributed by atoms with van der Waals surface area (Å²) in [5.41, 5.74) is 0.211. The van der Waals surface area contributed by atoms with E-state index >= 15 is 0 Å². The van der Waals surface area contributed by atoms with E-state index in [0.29, 0.717) is 6.04 Å². The van der Waals surface area contributed by atoms with Crippen molar-refractivity contribution in [2.24, 2.45) is 5.92 Å². The quantitative estimate of drug-likeness (QED) is 0.733. The number of rotatable bonds is 2. The van der Waals surface area contributed by atoms with Crippen LogP contribution >= 0.6 is 0 Å². The summed E-state index contributed by atoms with van der Waals surface area (Å²) in [6.45, 7) is 6.56. The highest BCUT2D eigenvalue weighted by Gasteiger charge is 2.43. The molecule has 1 aliphatic heterocycles. The first-order chi connectivity index (χ1) is 6.73. The Bertz CT molecular complexity index is 185. The number of morpholine rings is 1. The smallest absolute Gasteiger partial charge is 0.0835 e. The van der Waals surface area contributed by atoms with E-state index in [2.05, 4.69) is 19.2 Å². The lowest BCUT2D eigenvalue weighted by Crippen LogP contribution is -2.57. The summed E-state index contributed by atoms with van der Waals surface area (Å²) in [4.78, 5) is 0. The molecule has 82 valence electrons. The number of hydrogen-bond acceptors (Lipinski definition) is 2. The molecule has 1 N–H and O–H groups in total. The minimum absolute atomic E-state index is 0.211. The molecule has 1 spiro atoms. The summed E-state index contributed by atoms with van der Waals surface area (Å²) in [5, 5.41) is 3.66. The van der Waals surface area contributed by atoms with Gasteiger partial charge in [0, 0.05) is 12.6 Å². The molecule has 1 saturated carbocycles. The van der Waals surface area contributed by atoms with Gasteiger partial charge in [0.1, 0.15) is 0 Å². The predicted octanol–water partition coefficient (Wildman–Crippen LogP) is 2.33. The highest BCUT2D eigenvalue weighted by molar-refractivity contribution is 4.99. The average Bonchev–Trinajstić information content (AvgIpc) is 2.58. The first-order valence-corrected chi connectivity index (χ1v) is 6.10. The predicted molar refractivity (Wildman–Crippen MR) is 58.4 cm³/mol. The van der Waals surface area contributed by atoms with Crippen LogP contribution in [0.25, 0.3) is 0 Å². The van der Waals surface area contributed by atoms with Gasteiger partial charge in [0.15, 0.2) is 0 Å². The zero-order chi connectivity index (χ0) is 10.0. The van der Waals surface area contributed by atoms with Crippen molar-refractivity contribution in [1.29, 1.82) is 0 Å². The third-order valence-corrected chi connectivity index (χ3v) is 3.67. The highest BCUT2D eigenvalue weighted by atomic mass is 16.5. The van der Waals surface area contributed by atoms with Crippen molar-refractivity contribution in [1.82, 2.24) is 5.32 Å². The van der Waals surface area contributed by atoms with Gasteiger partial charge in [-0.05, 0) is 25.2 Å².